The SMILES string of the molecule is Cc1ccc(C(C)C)c(OCC(=O)Oc2ccc(C(=O)Nc3ccc(Cl)cc3)cc2)c1. The molecule has 0 fully saturated rings. The smallest absolute Gasteiger partial charge is 0.349 e. The van der Waals surface area contributed by atoms with Gasteiger partial charge in [0.05, 0.1) is 0 Å². The van der Waals surface area contributed by atoms with Crippen molar-refractivity contribution in [2.75, 3.05) is 11.9 Å². The third-order valence-corrected chi connectivity index (χ3v) is 4.84. The summed E-state index contributed by atoms with van der Waals surface area (Å²) in [5, 5.41) is 3.37. The lowest BCUT2D eigenvalue weighted by Crippen LogP contribution is -2.18. The number of benzene rings is 3. The second-order valence-corrected chi connectivity index (χ2v) is 7.88. The number of halogens is 1. The Hall–Kier alpha value is -3.31. The number of hydrogen-bond donors (Lipinski definition) is 1. The van der Waals surface area contributed by atoms with Gasteiger partial charge in [-0.25, -0.2) is 4.79 Å². The van der Waals surface area contributed by atoms with Gasteiger partial charge < -0.3 is 14.8 Å². The van der Waals surface area contributed by atoms with Crippen LogP contribution in [0.1, 0.15) is 41.3 Å². The molecule has 0 heterocycles. The zero-order valence-electron chi connectivity index (χ0n) is 17.6. The second kappa shape index (κ2) is 10.1. The van der Waals surface area contributed by atoms with Gasteiger partial charge in [-0.3, -0.25) is 4.79 Å². The van der Waals surface area contributed by atoms with Crippen LogP contribution in [0.3, 0.4) is 0 Å². The van der Waals surface area contributed by atoms with Gasteiger partial charge >= 0.3 is 5.97 Å². The molecule has 3 rings (SSSR count). The molecule has 1 amide bonds. The molecule has 3 aromatic carbocycles. The molecule has 160 valence electrons. The first-order valence-electron chi connectivity index (χ1n) is 9.93. The summed E-state index contributed by atoms with van der Waals surface area (Å²) in [5.41, 5.74) is 3.17. The van der Waals surface area contributed by atoms with Crippen LogP contribution in [0.5, 0.6) is 11.5 Å². The van der Waals surface area contributed by atoms with E-state index in [1.54, 1.807) is 48.5 Å². The lowest BCUT2D eigenvalue weighted by Gasteiger charge is -2.14. The maximum absolute atomic E-state index is 12.3. The molecule has 0 spiro atoms. The summed E-state index contributed by atoms with van der Waals surface area (Å²) in [5.74, 6) is 0.503. The molecular weight excluding hydrogens is 414 g/mol. The summed E-state index contributed by atoms with van der Waals surface area (Å²) >= 11 is 5.85. The van der Waals surface area contributed by atoms with Crippen LogP contribution in [0.15, 0.2) is 66.7 Å². The van der Waals surface area contributed by atoms with E-state index in [1.165, 1.54) is 0 Å². The fourth-order valence-electron chi connectivity index (χ4n) is 2.95. The molecule has 31 heavy (non-hydrogen) atoms. The molecule has 1 N–H and O–H groups in total. The number of nitrogens with one attached hydrogen (secondary N) is 1. The summed E-state index contributed by atoms with van der Waals surface area (Å²) in [6.45, 7) is 5.91. The van der Waals surface area contributed by atoms with Crippen LogP contribution in [0, 0.1) is 6.92 Å². The number of hydrogen-bond acceptors (Lipinski definition) is 4. The summed E-state index contributed by atoms with van der Waals surface area (Å²) in [6.07, 6.45) is 0. The number of amides is 1. The van der Waals surface area contributed by atoms with Gasteiger partial charge in [-0.1, -0.05) is 37.6 Å². The van der Waals surface area contributed by atoms with Crippen molar-refractivity contribution in [3.8, 4) is 11.5 Å². The molecule has 0 radical (unpaired) electrons. The highest BCUT2D eigenvalue weighted by Gasteiger charge is 2.12. The van der Waals surface area contributed by atoms with E-state index in [0.717, 1.165) is 11.1 Å². The van der Waals surface area contributed by atoms with Crippen molar-refractivity contribution in [2.24, 2.45) is 0 Å². The Morgan fingerprint density at radius 1 is 0.968 bits per heavy atom. The van der Waals surface area contributed by atoms with Gasteiger partial charge in [-0.05, 0) is 78.6 Å². The van der Waals surface area contributed by atoms with Crippen molar-refractivity contribution >= 4 is 29.2 Å². The summed E-state index contributed by atoms with van der Waals surface area (Å²) in [7, 11) is 0. The van der Waals surface area contributed by atoms with Gasteiger partial charge in [-0.15, -0.1) is 0 Å². The zero-order chi connectivity index (χ0) is 22.4. The van der Waals surface area contributed by atoms with E-state index in [0.29, 0.717) is 27.8 Å². The van der Waals surface area contributed by atoms with Gasteiger partial charge in [0.25, 0.3) is 5.91 Å². The molecule has 0 aliphatic rings. The maximum Gasteiger partial charge on any atom is 0.349 e. The van der Waals surface area contributed by atoms with Crippen LogP contribution in [0.25, 0.3) is 0 Å². The first-order valence-corrected chi connectivity index (χ1v) is 10.3. The minimum Gasteiger partial charge on any atom is -0.482 e. The Labute approximate surface area is 187 Å². The van der Waals surface area contributed by atoms with Crippen molar-refractivity contribution in [3.63, 3.8) is 0 Å². The third-order valence-electron chi connectivity index (χ3n) is 4.59. The first-order chi connectivity index (χ1) is 14.8. The number of aryl methyl sites for hydroxylation is 1. The molecule has 0 aliphatic heterocycles. The second-order valence-electron chi connectivity index (χ2n) is 7.44. The number of ether oxygens (including phenoxy) is 2. The van der Waals surface area contributed by atoms with Gasteiger partial charge in [0.1, 0.15) is 11.5 Å². The summed E-state index contributed by atoms with van der Waals surface area (Å²) < 4.78 is 11.0. The topological polar surface area (TPSA) is 64.6 Å². The number of anilines is 1. The quantitative estimate of drug-likeness (QED) is 0.363. The van der Waals surface area contributed by atoms with Gasteiger partial charge in [0.2, 0.25) is 0 Å². The molecule has 0 atom stereocenters. The maximum atomic E-state index is 12.3. The minimum atomic E-state index is -0.519. The minimum absolute atomic E-state index is 0.206. The third kappa shape index (κ3) is 6.33. The van der Waals surface area contributed by atoms with Crippen LogP contribution in [-0.2, 0) is 4.79 Å². The number of esters is 1. The van der Waals surface area contributed by atoms with Crippen LogP contribution >= 0.6 is 11.6 Å². The Balaban J connectivity index is 1.56. The predicted octanol–water partition coefficient (Wildman–Crippen LogP) is 6.01. The largest absolute Gasteiger partial charge is 0.482 e. The zero-order valence-corrected chi connectivity index (χ0v) is 18.4. The van der Waals surface area contributed by atoms with Crippen LogP contribution in [0.2, 0.25) is 5.02 Å². The average molecular weight is 438 g/mol. The lowest BCUT2D eigenvalue weighted by atomic mass is 10.0. The highest BCUT2D eigenvalue weighted by molar-refractivity contribution is 6.30. The first kappa shape index (κ1) is 22.4. The standard InChI is InChI=1S/C25H24ClNO4/c1-16(2)22-13-4-17(3)14-23(22)30-15-24(28)31-21-11-5-18(6-12-21)25(29)27-20-9-7-19(26)8-10-20/h4-14,16H,15H2,1-3H3,(H,27,29). The molecule has 0 saturated heterocycles. The van der Waals surface area contributed by atoms with Crippen molar-refractivity contribution in [2.45, 2.75) is 26.7 Å². The van der Waals surface area contributed by atoms with Crippen molar-refractivity contribution < 1.29 is 19.1 Å². The van der Waals surface area contributed by atoms with Crippen LogP contribution in [-0.4, -0.2) is 18.5 Å². The van der Waals surface area contributed by atoms with Crippen molar-refractivity contribution in [1.82, 2.24) is 0 Å². The van der Waals surface area contributed by atoms with Crippen LogP contribution in [0.4, 0.5) is 5.69 Å². The van der Waals surface area contributed by atoms with E-state index in [9.17, 15) is 9.59 Å². The molecule has 0 bridgehead atoms. The Kier molecular flexibility index (Phi) is 7.32. The normalized spacial score (nSPS) is 10.6. The van der Waals surface area contributed by atoms with Gasteiger partial charge in [-0.2, -0.15) is 0 Å². The molecular formula is C25H24ClNO4. The van der Waals surface area contributed by atoms with Crippen molar-refractivity contribution in [3.05, 3.63) is 88.4 Å². The molecule has 3 aromatic rings. The number of rotatable bonds is 7. The summed E-state index contributed by atoms with van der Waals surface area (Å²) in [6, 6.07) is 19.1. The highest BCUT2D eigenvalue weighted by atomic mass is 35.5. The Bertz CT molecular complexity index is 1060. The number of carbonyl (C=O) groups is 2. The van der Waals surface area contributed by atoms with Gasteiger partial charge in [0.15, 0.2) is 6.61 Å². The fourth-order valence-corrected chi connectivity index (χ4v) is 3.08. The van der Waals surface area contributed by atoms with E-state index < -0.39 is 5.97 Å². The van der Waals surface area contributed by atoms with E-state index >= 15 is 0 Å². The van der Waals surface area contributed by atoms with E-state index in [2.05, 4.69) is 19.2 Å². The highest BCUT2D eigenvalue weighted by Crippen LogP contribution is 2.27. The number of carbonyl (C=O) groups excluding carboxylic acids is 2. The van der Waals surface area contributed by atoms with Gasteiger partial charge in [0, 0.05) is 16.3 Å². The molecule has 6 heteroatoms. The molecule has 0 saturated carbocycles. The summed E-state index contributed by atoms with van der Waals surface area (Å²) in [4.78, 5) is 24.5. The molecule has 5 nitrogen and oxygen atoms in total. The fraction of sp³-hybridized carbons (Fsp3) is 0.200. The van der Waals surface area contributed by atoms with E-state index in [-0.39, 0.29) is 18.4 Å². The molecule has 0 aliphatic carbocycles. The average Bonchev–Trinajstić information content (AvgIpc) is 2.74. The van der Waals surface area contributed by atoms with E-state index in [1.807, 2.05) is 25.1 Å². The van der Waals surface area contributed by atoms with Crippen LogP contribution < -0.4 is 14.8 Å². The monoisotopic (exact) mass is 437 g/mol. The molecule has 0 unspecified atom stereocenters. The lowest BCUT2D eigenvalue weighted by molar-refractivity contribution is -0.136. The predicted molar refractivity (Wildman–Crippen MR) is 122 cm³/mol. The Morgan fingerprint density at radius 3 is 2.29 bits per heavy atom. The van der Waals surface area contributed by atoms with E-state index in [4.69, 9.17) is 21.1 Å². The molecule has 0 aromatic heterocycles. The Morgan fingerprint density at radius 2 is 1.65 bits per heavy atom. The van der Waals surface area contributed by atoms with Crippen molar-refractivity contribution in [1.29, 1.82) is 0 Å².